The lowest BCUT2D eigenvalue weighted by Crippen LogP contribution is -2.10. The number of ether oxygens (including phenoxy) is 2. The van der Waals surface area contributed by atoms with Crippen molar-refractivity contribution in [1.82, 2.24) is 0 Å². The molecular weight excluding hydrogens is 357 g/mol. The number of nitro groups is 1. The molecule has 2 aromatic carbocycles. The van der Waals surface area contributed by atoms with E-state index in [9.17, 15) is 28.1 Å². The Labute approximate surface area is 143 Å². The van der Waals surface area contributed by atoms with Gasteiger partial charge in [0.15, 0.2) is 29.0 Å². The number of nitrogens with zero attached hydrogens (tertiary/aromatic N) is 1. The maximum absolute atomic E-state index is 13.5. The number of nitro benzene ring substituents is 1. The average molecular weight is 366 g/mol. The third kappa shape index (κ3) is 3.29. The topological polar surface area (TPSA) is 90.7 Å². The van der Waals surface area contributed by atoms with Crippen molar-refractivity contribution in [2.24, 2.45) is 0 Å². The van der Waals surface area contributed by atoms with Crippen LogP contribution < -0.4 is 14.8 Å². The minimum Gasteiger partial charge on any atom is -0.454 e. The summed E-state index contributed by atoms with van der Waals surface area (Å²) in [7, 11) is 0. The van der Waals surface area contributed by atoms with Crippen LogP contribution in [0.4, 0.5) is 24.5 Å². The third-order valence-corrected chi connectivity index (χ3v) is 3.43. The normalized spacial score (nSPS) is 12.4. The summed E-state index contributed by atoms with van der Waals surface area (Å²) in [5.74, 6) is -5.11. The van der Waals surface area contributed by atoms with Crippen LogP contribution in [0.3, 0.4) is 0 Å². The van der Waals surface area contributed by atoms with E-state index in [0.717, 1.165) is 24.3 Å². The molecule has 1 aliphatic heterocycles. The number of halogens is 3. The van der Waals surface area contributed by atoms with Gasteiger partial charge in [0.1, 0.15) is 0 Å². The molecule has 0 atom stereocenters. The number of hydrogen-bond acceptors (Lipinski definition) is 5. The third-order valence-electron chi connectivity index (χ3n) is 3.43. The maximum atomic E-state index is 13.5. The molecule has 134 valence electrons. The Hall–Kier alpha value is -3.56. The molecule has 26 heavy (non-hydrogen) atoms. The summed E-state index contributed by atoms with van der Waals surface area (Å²) in [6, 6.07) is 3.96. The van der Waals surface area contributed by atoms with Crippen molar-refractivity contribution in [3.63, 3.8) is 0 Å². The number of carbonyl (C=O) groups excluding carboxylic acids is 1. The Balaban J connectivity index is 1.83. The lowest BCUT2D eigenvalue weighted by molar-refractivity contribution is -0.385. The molecule has 0 spiro atoms. The molecule has 0 aliphatic carbocycles. The van der Waals surface area contributed by atoms with E-state index in [0.29, 0.717) is 6.07 Å². The van der Waals surface area contributed by atoms with Crippen molar-refractivity contribution >= 4 is 23.4 Å². The average Bonchev–Trinajstić information content (AvgIpc) is 3.07. The lowest BCUT2D eigenvalue weighted by Gasteiger charge is -2.05. The van der Waals surface area contributed by atoms with Gasteiger partial charge in [-0.25, -0.2) is 13.2 Å². The van der Waals surface area contributed by atoms with Crippen molar-refractivity contribution in [2.45, 2.75) is 0 Å². The van der Waals surface area contributed by atoms with Gasteiger partial charge in [-0.05, 0) is 24.3 Å². The van der Waals surface area contributed by atoms with Crippen molar-refractivity contribution in [1.29, 1.82) is 0 Å². The van der Waals surface area contributed by atoms with Gasteiger partial charge in [-0.15, -0.1) is 0 Å². The highest BCUT2D eigenvalue weighted by atomic mass is 19.2. The highest BCUT2D eigenvalue weighted by Gasteiger charge is 2.22. The first-order valence-electron chi connectivity index (χ1n) is 7.07. The summed E-state index contributed by atoms with van der Waals surface area (Å²) >= 11 is 0. The molecule has 0 aromatic heterocycles. The molecule has 3 rings (SSSR count). The van der Waals surface area contributed by atoms with E-state index in [1.807, 2.05) is 5.32 Å². The molecular formula is C16H9F3N2O5. The molecule has 0 saturated heterocycles. The Kier molecular flexibility index (Phi) is 4.48. The Morgan fingerprint density at radius 3 is 2.54 bits per heavy atom. The second-order valence-electron chi connectivity index (χ2n) is 5.07. The number of fused-ring (bicyclic) bond motifs is 1. The van der Waals surface area contributed by atoms with Gasteiger partial charge in [0.05, 0.1) is 22.2 Å². The van der Waals surface area contributed by atoms with E-state index < -0.39 is 34.0 Å². The zero-order valence-corrected chi connectivity index (χ0v) is 12.8. The van der Waals surface area contributed by atoms with Gasteiger partial charge >= 0.3 is 0 Å². The fourth-order valence-corrected chi connectivity index (χ4v) is 2.20. The Morgan fingerprint density at radius 2 is 1.85 bits per heavy atom. The van der Waals surface area contributed by atoms with E-state index in [1.165, 1.54) is 6.07 Å². The summed E-state index contributed by atoms with van der Waals surface area (Å²) in [6.45, 7) is -0.0877. The first-order chi connectivity index (χ1) is 12.4. The zero-order valence-electron chi connectivity index (χ0n) is 12.8. The van der Waals surface area contributed by atoms with Crippen LogP contribution in [0, 0.1) is 27.6 Å². The fourth-order valence-electron chi connectivity index (χ4n) is 2.20. The van der Waals surface area contributed by atoms with E-state index in [1.54, 1.807) is 0 Å². The van der Waals surface area contributed by atoms with Gasteiger partial charge in [0, 0.05) is 6.08 Å². The van der Waals surface area contributed by atoms with E-state index in [-0.39, 0.29) is 29.5 Å². The maximum Gasteiger partial charge on any atom is 0.280 e. The lowest BCUT2D eigenvalue weighted by atomic mass is 10.1. The summed E-state index contributed by atoms with van der Waals surface area (Å²) in [4.78, 5) is 22.3. The quantitative estimate of drug-likeness (QED) is 0.388. The number of amides is 1. The largest absolute Gasteiger partial charge is 0.454 e. The zero-order chi connectivity index (χ0) is 18.8. The van der Waals surface area contributed by atoms with Crippen molar-refractivity contribution < 1.29 is 32.4 Å². The van der Waals surface area contributed by atoms with Gasteiger partial charge in [-0.1, -0.05) is 0 Å². The second-order valence-corrected chi connectivity index (χ2v) is 5.07. The van der Waals surface area contributed by atoms with E-state index in [2.05, 4.69) is 0 Å². The molecule has 1 aliphatic rings. The van der Waals surface area contributed by atoms with Crippen molar-refractivity contribution in [3.05, 3.63) is 63.5 Å². The van der Waals surface area contributed by atoms with E-state index >= 15 is 0 Å². The Morgan fingerprint density at radius 1 is 1.15 bits per heavy atom. The molecule has 10 heteroatoms. The number of rotatable bonds is 4. The predicted octanol–water partition coefficient (Wildman–Crippen LogP) is 3.39. The van der Waals surface area contributed by atoms with Crippen LogP contribution in [0.2, 0.25) is 0 Å². The van der Waals surface area contributed by atoms with Crippen LogP contribution in [-0.2, 0) is 4.79 Å². The van der Waals surface area contributed by atoms with Gasteiger partial charge in [0.25, 0.3) is 5.69 Å². The van der Waals surface area contributed by atoms with Crippen molar-refractivity contribution in [2.75, 3.05) is 12.1 Å². The van der Waals surface area contributed by atoms with Crippen LogP contribution in [0.25, 0.3) is 6.08 Å². The molecule has 1 heterocycles. The minimum absolute atomic E-state index is 0.0418. The van der Waals surface area contributed by atoms with Crippen LogP contribution >= 0.6 is 0 Å². The molecule has 2 aromatic rings. The molecule has 7 nitrogen and oxygen atoms in total. The highest BCUT2D eigenvalue weighted by molar-refractivity contribution is 6.02. The minimum atomic E-state index is -1.72. The van der Waals surface area contributed by atoms with Crippen molar-refractivity contribution in [3.8, 4) is 11.5 Å². The number of benzene rings is 2. The Bertz CT molecular complexity index is 946. The van der Waals surface area contributed by atoms with E-state index in [4.69, 9.17) is 9.47 Å². The molecule has 0 fully saturated rings. The second kappa shape index (κ2) is 6.75. The summed E-state index contributed by atoms with van der Waals surface area (Å²) in [6.07, 6.45) is 1.98. The van der Waals surface area contributed by atoms with Crippen LogP contribution in [0.1, 0.15) is 5.56 Å². The summed E-state index contributed by atoms with van der Waals surface area (Å²) in [5, 5.41) is 13.1. The molecule has 1 amide bonds. The van der Waals surface area contributed by atoms with Crippen LogP contribution in [0.5, 0.6) is 11.5 Å². The van der Waals surface area contributed by atoms with Crippen LogP contribution in [0.15, 0.2) is 30.3 Å². The SMILES string of the molecule is O=C(/C=C/c1cc2c(cc1[N+](=O)[O-])OCO2)Nc1ccc(F)c(F)c1F. The molecule has 0 radical (unpaired) electrons. The summed E-state index contributed by atoms with van der Waals surface area (Å²) < 4.78 is 49.7. The highest BCUT2D eigenvalue weighted by Crippen LogP contribution is 2.38. The monoisotopic (exact) mass is 366 g/mol. The molecule has 0 saturated carbocycles. The predicted molar refractivity (Wildman–Crippen MR) is 83.2 cm³/mol. The standard InChI is InChI=1S/C16H9F3N2O5/c17-9-2-3-10(16(19)15(9)18)20-14(22)4-1-8-5-12-13(26-7-25-12)6-11(8)21(23)24/h1-6H,7H2,(H,20,22)/b4-1+. The van der Waals surface area contributed by atoms with Gasteiger partial charge in [-0.2, -0.15) is 0 Å². The van der Waals surface area contributed by atoms with Crippen LogP contribution in [-0.4, -0.2) is 17.6 Å². The summed E-state index contributed by atoms with van der Waals surface area (Å²) in [5.41, 5.74) is -0.865. The molecule has 0 unspecified atom stereocenters. The molecule has 0 bridgehead atoms. The number of carbonyl (C=O) groups is 1. The first-order valence-corrected chi connectivity index (χ1v) is 7.07. The number of hydrogen-bond donors (Lipinski definition) is 1. The number of nitrogens with one attached hydrogen (secondary N) is 1. The first kappa shape index (κ1) is 17.3. The number of anilines is 1. The molecule has 1 N–H and O–H groups in total. The van der Waals surface area contributed by atoms with Gasteiger partial charge in [0.2, 0.25) is 12.7 Å². The van der Waals surface area contributed by atoms with Gasteiger partial charge < -0.3 is 14.8 Å². The fraction of sp³-hybridized carbons (Fsp3) is 0.0625. The smallest absolute Gasteiger partial charge is 0.280 e. The van der Waals surface area contributed by atoms with Gasteiger partial charge in [-0.3, -0.25) is 14.9 Å².